The number of aromatic nitrogens is 3. The van der Waals surface area contributed by atoms with E-state index in [0.29, 0.717) is 34.8 Å². The van der Waals surface area contributed by atoms with E-state index in [1.165, 1.54) is 12.0 Å². The number of fused-ring (bicyclic) bond motifs is 2. The van der Waals surface area contributed by atoms with Crippen molar-refractivity contribution in [3.63, 3.8) is 0 Å². The van der Waals surface area contributed by atoms with Gasteiger partial charge in [-0.3, -0.25) is 20.0 Å². The maximum atomic E-state index is 13.3. The van der Waals surface area contributed by atoms with Gasteiger partial charge in [0, 0.05) is 37.5 Å². The molecule has 40 heavy (non-hydrogen) atoms. The molecule has 0 saturated carbocycles. The molecule has 1 aromatic carbocycles. The quantitative estimate of drug-likeness (QED) is 0.269. The van der Waals surface area contributed by atoms with E-state index in [4.69, 9.17) is 14.1 Å². The van der Waals surface area contributed by atoms with E-state index in [9.17, 15) is 14.4 Å². The van der Waals surface area contributed by atoms with Gasteiger partial charge in [-0.05, 0) is 43.9 Å². The number of H-pyrrole nitrogens is 1. The Bertz CT molecular complexity index is 1610. The Morgan fingerprint density at radius 3 is 2.67 bits per heavy atom. The third kappa shape index (κ3) is 4.29. The number of urea groups is 1. The Kier molecular flexibility index (Phi) is 6.14. The highest BCUT2D eigenvalue weighted by Gasteiger charge is 2.53. The standard InChI is InChI=1S/C27H28N8O5/c1-33(2)8-9-35(17-12-28-29-13-17)23-7-6-21-20(30-23)11-22(40-21)27(25(37)31-26(38)32-27)15-34-14-16-4-5-18(39-3)10-19(16)24(34)36/h4-7,10-13H,8-9,14-15H2,1-3H3,(H,28,29)(H2,31,32,37,38)/t27-/m0/s1. The molecule has 1 fully saturated rings. The van der Waals surface area contributed by atoms with Gasteiger partial charge in [0.05, 0.1) is 25.5 Å². The van der Waals surface area contributed by atoms with Crippen LogP contribution in [0.1, 0.15) is 21.7 Å². The molecule has 0 bridgehead atoms. The smallest absolute Gasteiger partial charge is 0.322 e. The molecule has 1 saturated heterocycles. The van der Waals surface area contributed by atoms with Gasteiger partial charge in [-0.2, -0.15) is 5.10 Å². The first kappa shape index (κ1) is 25.4. The second kappa shape index (κ2) is 9.68. The summed E-state index contributed by atoms with van der Waals surface area (Å²) in [7, 11) is 5.52. The number of nitrogens with one attached hydrogen (secondary N) is 3. The largest absolute Gasteiger partial charge is 0.497 e. The fraction of sp³-hybridized carbons (Fsp3) is 0.296. The Morgan fingerprint density at radius 1 is 1.12 bits per heavy atom. The van der Waals surface area contributed by atoms with E-state index in [1.807, 2.05) is 31.1 Å². The lowest BCUT2D eigenvalue weighted by atomic mass is 9.95. The summed E-state index contributed by atoms with van der Waals surface area (Å²) in [5.41, 5.74) is 1.45. The first-order valence-electron chi connectivity index (χ1n) is 12.7. The summed E-state index contributed by atoms with van der Waals surface area (Å²) in [6.07, 6.45) is 3.51. The SMILES string of the molecule is COc1ccc2c(c1)C(=O)N(C[C@@]1(c3cc4nc(N(CCN(C)C)c5cn[nH]c5)ccc4o3)NC(=O)NC1=O)C2. The number of ether oxygens (including phenoxy) is 1. The van der Waals surface area contributed by atoms with E-state index in [0.717, 1.165) is 17.8 Å². The van der Waals surface area contributed by atoms with Gasteiger partial charge in [-0.15, -0.1) is 0 Å². The summed E-state index contributed by atoms with van der Waals surface area (Å²) in [5, 5.41) is 11.9. The summed E-state index contributed by atoms with van der Waals surface area (Å²) in [4.78, 5) is 49.4. The Hall–Kier alpha value is -4.91. The van der Waals surface area contributed by atoms with Gasteiger partial charge in [0.2, 0.25) is 0 Å². The molecule has 5 heterocycles. The van der Waals surface area contributed by atoms with Crippen LogP contribution in [0.3, 0.4) is 0 Å². The van der Waals surface area contributed by atoms with Gasteiger partial charge in [0.25, 0.3) is 11.8 Å². The van der Waals surface area contributed by atoms with Gasteiger partial charge in [-0.25, -0.2) is 9.78 Å². The van der Waals surface area contributed by atoms with Crippen molar-refractivity contribution in [1.29, 1.82) is 0 Å². The average molecular weight is 545 g/mol. The topological polar surface area (TPSA) is 149 Å². The van der Waals surface area contributed by atoms with Crippen LogP contribution in [0.2, 0.25) is 0 Å². The monoisotopic (exact) mass is 544 g/mol. The van der Waals surface area contributed by atoms with Crippen LogP contribution in [-0.2, 0) is 16.9 Å². The van der Waals surface area contributed by atoms with Gasteiger partial charge >= 0.3 is 6.03 Å². The van der Waals surface area contributed by atoms with Gasteiger partial charge < -0.3 is 29.2 Å². The van der Waals surface area contributed by atoms with Crippen molar-refractivity contribution in [2.45, 2.75) is 12.1 Å². The van der Waals surface area contributed by atoms with Gasteiger partial charge in [0.15, 0.2) is 11.1 Å². The fourth-order valence-corrected chi connectivity index (χ4v) is 5.08. The number of benzene rings is 1. The van der Waals surface area contributed by atoms with E-state index >= 15 is 0 Å². The van der Waals surface area contributed by atoms with Crippen LogP contribution < -0.4 is 20.3 Å². The fourth-order valence-electron chi connectivity index (χ4n) is 5.08. The number of likely N-dealkylation sites (N-methyl/N-ethyl adjacent to an activating group) is 1. The number of anilines is 2. The molecule has 0 radical (unpaired) electrons. The highest BCUT2D eigenvalue weighted by atomic mass is 16.5. The normalized spacial score (nSPS) is 18.4. The minimum absolute atomic E-state index is 0.128. The number of furan rings is 1. The van der Waals surface area contributed by atoms with E-state index in [1.54, 1.807) is 36.7 Å². The third-order valence-corrected chi connectivity index (χ3v) is 7.19. The maximum Gasteiger partial charge on any atom is 0.322 e. The summed E-state index contributed by atoms with van der Waals surface area (Å²) in [6, 6.07) is 9.85. The van der Waals surface area contributed by atoms with Crippen molar-refractivity contribution in [1.82, 2.24) is 35.6 Å². The van der Waals surface area contributed by atoms with Gasteiger partial charge in [-0.1, -0.05) is 6.07 Å². The third-order valence-electron chi connectivity index (χ3n) is 7.19. The summed E-state index contributed by atoms with van der Waals surface area (Å²) in [5.74, 6) is 0.528. The number of methoxy groups -OCH3 is 1. The zero-order chi connectivity index (χ0) is 28.0. The molecular weight excluding hydrogens is 516 g/mol. The molecule has 206 valence electrons. The molecule has 2 aliphatic rings. The second-order valence-corrected chi connectivity index (χ2v) is 10.1. The Balaban J connectivity index is 1.35. The number of carbonyl (C=O) groups excluding carboxylic acids is 3. The van der Waals surface area contributed by atoms with Crippen LogP contribution in [0.15, 0.2) is 53.2 Å². The number of aromatic amines is 1. The van der Waals surface area contributed by atoms with Gasteiger partial charge in [0.1, 0.15) is 22.8 Å². The number of amides is 4. The molecule has 0 aliphatic carbocycles. The van der Waals surface area contributed by atoms with Crippen LogP contribution in [-0.4, -0.2) is 83.7 Å². The maximum absolute atomic E-state index is 13.3. The number of imide groups is 1. The Labute approximate surface area is 229 Å². The number of carbonyl (C=O) groups is 3. The van der Waals surface area contributed by atoms with Crippen LogP contribution in [0, 0.1) is 0 Å². The molecule has 6 rings (SSSR count). The van der Waals surface area contributed by atoms with E-state index in [2.05, 4.69) is 25.7 Å². The lowest BCUT2D eigenvalue weighted by Crippen LogP contribution is -2.52. The number of hydrogen-bond donors (Lipinski definition) is 3. The molecular formula is C27H28N8O5. The Morgan fingerprint density at radius 2 is 1.98 bits per heavy atom. The van der Waals surface area contributed by atoms with Crippen LogP contribution in [0.25, 0.3) is 11.1 Å². The first-order chi connectivity index (χ1) is 19.3. The zero-order valence-corrected chi connectivity index (χ0v) is 22.2. The van der Waals surface area contributed by atoms with Crippen molar-refractivity contribution >= 4 is 40.5 Å². The van der Waals surface area contributed by atoms with Crippen molar-refractivity contribution in [3.8, 4) is 5.75 Å². The number of pyridine rings is 1. The molecule has 1 atom stereocenters. The number of hydrogen-bond acceptors (Lipinski definition) is 9. The predicted molar refractivity (Wildman–Crippen MR) is 144 cm³/mol. The number of nitrogens with zero attached hydrogens (tertiary/aromatic N) is 5. The van der Waals surface area contributed by atoms with E-state index < -0.39 is 17.5 Å². The van der Waals surface area contributed by atoms with Crippen molar-refractivity contribution in [2.75, 3.05) is 45.7 Å². The zero-order valence-electron chi connectivity index (χ0n) is 22.2. The molecule has 0 spiro atoms. The van der Waals surface area contributed by atoms with Crippen molar-refractivity contribution in [3.05, 3.63) is 65.7 Å². The molecule has 13 heteroatoms. The van der Waals surface area contributed by atoms with Crippen LogP contribution in [0.5, 0.6) is 5.75 Å². The second-order valence-electron chi connectivity index (χ2n) is 10.1. The molecule has 4 amide bonds. The summed E-state index contributed by atoms with van der Waals surface area (Å²) in [6.45, 7) is 1.57. The summed E-state index contributed by atoms with van der Waals surface area (Å²) < 4.78 is 11.4. The lowest BCUT2D eigenvalue weighted by Gasteiger charge is -2.28. The van der Waals surface area contributed by atoms with Crippen molar-refractivity contribution in [2.24, 2.45) is 0 Å². The first-order valence-corrected chi connectivity index (χ1v) is 12.7. The predicted octanol–water partition coefficient (Wildman–Crippen LogP) is 1.95. The lowest BCUT2D eigenvalue weighted by molar-refractivity contribution is -0.125. The molecule has 0 unspecified atom stereocenters. The van der Waals surface area contributed by atoms with Crippen LogP contribution >= 0.6 is 0 Å². The molecule has 4 aromatic rings. The number of rotatable bonds is 9. The molecule has 2 aliphatic heterocycles. The van der Waals surface area contributed by atoms with E-state index in [-0.39, 0.29) is 24.8 Å². The van der Waals surface area contributed by atoms with Crippen LogP contribution in [0.4, 0.5) is 16.3 Å². The molecule has 13 nitrogen and oxygen atoms in total. The molecule has 3 aromatic heterocycles. The van der Waals surface area contributed by atoms with Crippen molar-refractivity contribution < 1.29 is 23.5 Å². The highest BCUT2D eigenvalue weighted by Crippen LogP contribution is 2.35. The minimum Gasteiger partial charge on any atom is -0.497 e. The minimum atomic E-state index is -1.63. The molecule has 3 N–H and O–H groups in total. The summed E-state index contributed by atoms with van der Waals surface area (Å²) >= 11 is 0. The highest BCUT2D eigenvalue weighted by molar-refractivity contribution is 6.08. The average Bonchev–Trinajstić information content (AvgIpc) is 3.71.